The lowest BCUT2D eigenvalue weighted by Crippen LogP contribution is -2.08. The first-order valence-corrected chi connectivity index (χ1v) is 6.14. The van der Waals surface area contributed by atoms with Gasteiger partial charge in [-0.15, -0.1) is 0 Å². The normalized spacial score (nSPS) is 12.8. The second-order valence-electron chi connectivity index (χ2n) is 3.37. The standard InChI is InChI=1S/C12H17BrO/c1-3-8-14-12(9-13)11-7-5-4-6-10(11)2/h4-7,12H,3,8-9H2,1-2H3. The van der Waals surface area contributed by atoms with Gasteiger partial charge in [-0.25, -0.2) is 0 Å². The Hall–Kier alpha value is -0.340. The van der Waals surface area contributed by atoms with E-state index in [1.807, 2.05) is 0 Å². The van der Waals surface area contributed by atoms with Crippen molar-refractivity contribution in [3.05, 3.63) is 35.4 Å². The third-order valence-corrected chi connectivity index (χ3v) is 2.79. The van der Waals surface area contributed by atoms with Gasteiger partial charge in [-0.3, -0.25) is 0 Å². The monoisotopic (exact) mass is 256 g/mol. The SMILES string of the molecule is CCCOC(CBr)c1ccccc1C. The zero-order chi connectivity index (χ0) is 10.4. The number of ether oxygens (including phenoxy) is 1. The lowest BCUT2D eigenvalue weighted by molar-refractivity contribution is 0.0699. The Morgan fingerprint density at radius 3 is 2.64 bits per heavy atom. The van der Waals surface area contributed by atoms with Gasteiger partial charge in [0.1, 0.15) is 0 Å². The molecule has 0 bridgehead atoms. The second kappa shape index (κ2) is 6.20. The summed E-state index contributed by atoms with van der Waals surface area (Å²) in [4.78, 5) is 0. The highest BCUT2D eigenvalue weighted by atomic mass is 79.9. The van der Waals surface area contributed by atoms with E-state index in [9.17, 15) is 0 Å². The van der Waals surface area contributed by atoms with Gasteiger partial charge in [-0.2, -0.15) is 0 Å². The van der Waals surface area contributed by atoms with Crippen LogP contribution in [0.15, 0.2) is 24.3 Å². The molecule has 14 heavy (non-hydrogen) atoms. The van der Waals surface area contributed by atoms with Crippen molar-refractivity contribution in [3.8, 4) is 0 Å². The van der Waals surface area contributed by atoms with Gasteiger partial charge in [0.2, 0.25) is 0 Å². The minimum Gasteiger partial charge on any atom is -0.373 e. The van der Waals surface area contributed by atoms with E-state index in [1.165, 1.54) is 11.1 Å². The molecular formula is C12H17BrO. The maximum atomic E-state index is 5.76. The Morgan fingerprint density at radius 1 is 1.36 bits per heavy atom. The van der Waals surface area contributed by atoms with Crippen molar-refractivity contribution in [2.45, 2.75) is 26.4 Å². The van der Waals surface area contributed by atoms with Crippen LogP contribution in [0, 0.1) is 6.92 Å². The molecular weight excluding hydrogens is 240 g/mol. The number of aryl methyl sites for hydroxylation is 1. The largest absolute Gasteiger partial charge is 0.373 e. The fraction of sp³-hybridized carbons (Fsp3) is 0.500. The number of rotatable bonds is 5. The van der Waals surface area contributed by atoms with Crippen molar-refractivity contribution >= 4 is 15.9 Å². The van der Waals surface area contributed by atoms with Gasteiger partial charge in [0.15, 0.2) is 0 Å². The zero-order valence-corrected chi connectivity index (χ0v) is 10.4. The summed E-state index contributed by atoms with van der Waals surface area (Å²) in [6.07, 6.45) is 1.26. The summed E-state index contributed by atoms with van der Waals surface area (Å²) in [6.45, 7) is 5.08. The van der Waals surface area contributed by atoms with Crippen molar-refractivity contribution in [1.82, 2.24) is 0 Å². The van der Waals surface area contributed by atoms with Crippen molar-refractivity contribution in [2.75, 3.05) is 11.9 Å². The molecule has 1 aromatic rings. The Kier molecular flexibility index (Phi) is 5.20. The minimum absolute atomic E-state index is 0.191. The predicted molar refractivity (Wildman–Crippen MR) is 64.0 cm³/mol. The molecule has 1 aromatic carbocycles. The van der Waals surface area contributed by atoms with Crippen molar-refractivity contribution in [3.63, 3.8) is 0 Å². The number of halogens is 1. The summed E-state index contributed by atoms with van der Waals surface area (Å²) in [6, 6.07) is 8.38. The van der Waals surface area contributed by atoms with Crippen molar-refractivity contribution in [1.29, 1.82) is 0 Å². The van der Waals surface area contributed by atoms with Crippen LogP contribution in [-0.2, 0) is 4.74 Å². The average molecular weight is 257 g/mol. The molecule has 0 aliphatic heterocycles. The zero-order valence-electron chi connectivity index (χ0n) is 8.79. The average Bonchev–Trinajstić information content (AvgIpc) is 2.21. The van der Waals surface area contributed by atoms with Crippen molar-refractivity contribution in [2.24, 2.45) is 0 Å². The fourth-order valence-electron chi connectivity index (χ4n) is 1.43. The van der Waals surface area contributed by atoms with Gasteiger partial charge < -0.3 is 4.74 Å². The molecule has 0 saturated carbocycles. The molecule has 1 nitrogen and oxygen atoms in total. The van der Waals surface area contributed by atoms with Crippen molar-refractivity contribution < 1.29 is 4.74 Å². The number of hydrogen-bond donors (Lipinski definition) is 0. The molecule has 0 saturated heterocycles. The molecule has 0 heterocycles. The molecule has 2 heteroatoms. The lowest BCUT2D eigenvalue weighted by atomic mass is 10.0. The van der Waals surface area contributed by atoms with Gasteiger partial charge in [0, 0.05) is 11.9 Å². The van der Waals surface area contributed by atoms with Gasteiger partial charge in [-0.05, 0) is 24.5 Å². The van der Waals surface area contributed by atoms with E-state index in [0.29, 0.717) is 0 Å². The Balaban J connectivity index is 2.73. The first-order valence-electron chi connectivity index (χ1n) is 5.02. The Morgan fingerprint density at radius 2 is 2.07 bits per heavy atom. The van der Waals surface area contributed by atoms with Gasteiger partial charge in [-0.1, -0.05) is 47.1 Å². The van der Waals surface area contributed by atoms with Crippen LogP contribution in [0.2, 0.25) is 0 Å². The Bertz CT molecular complexity index is 273. The Labute approximate surface area is 94.6 Å². The van der Waals surface area contributed by atoms with E-state index in [4.69, 9.17) is 4.74 Å². The molecule has 0 aliphatic rings. The smallest absolute Gasteiger partial charge is 0.0924 e. The first kappa shape index (κ1) is 11.7. The molecule has 0 aromatic heterocycles. The highest BCUT2D eigenvalue weighted by molar-refractivity contribution is 9.09. The summed E-state index contributed by atoms with van der Waals surface area (Å²) in [5.41, 5.74) is 2.59. The molecule has 0 amide bonds. The van der Waals surface area contributed by atoms with E-state index in [0.717, 1.165) is 18.4 Å². The molecule has 0 radical (unpaired) electrons. The predicted octanol–water partition coefficient (Wildman–Crippen LogP) is 3.86. The maximum Gasteiger partial charge on any atom is 0.0924 e. The van der Waals surface area contributed by atoms with Crippen LogP contribution >= 0.6 is 15.9 Å². The van der Waals surface area contributed by atoms with Crippen LogP contribution in [0.4, 0.5) is 0 Å². The molecule has 0 aliphatic carbocycles. The van der Waals surface area contributed by atoms with E-state index in [1.54, 1.807) is 0 Å². The van der Waals surface area contributed by atoms with Crippen LogP contribution in [0.1, 0.15) is 30.6 Å². The lowest BCUT2D eigenvalue weighted by Gasteiger charge is -2.17. The van der Waals surface area contributed by atoms with Crippen LogP contribution in [0.25, 0.3) is 0 Å². The number of hydrogen-bond acceptors (Lipinski definition) is 1. The van der Waals surface area contributed by atoms with E-state index >= 15 is 0 Å². The third-order valence-electron chi connectivity index (χ3n) is 2.20. The minimum atomic E-state index is 0.191. The molecule has 1 atom stereocenters. The molecule has 1 rings (SSSR count). The molecule has 0 spiro atoms. The first-order chi connectivity index (χ1) is 6.79. The molecule has 1 unspecified atom stereocenters. The van der Waals surface area contributed by atoms with E-state index < -0.39 is 0 Å². The molecule has 0 fully saturated rings. The fourth-order valence-corrected chi connectivity index (χ4v) is 1.96. The van der Waals surface area contributed by atoms with Crippen LogP contribution in [-0.4, -0.2) is 11.9 Å². The number of alkyl halides is 1. The van der Waals surface area contributed by atoms with Gasteiger partial charge in [0.05, 0.1) is 6.10 Å². The van der Waals surface area contributed by atoms with E-state index in [-0.39, 0.29) is 6.10 Å². The maximum absolute atomic E-state index is 5.76. The summed E-state index contributed by atoms with van der Waals surface area (Å²) in [5, 5.41) is 0.859. The summed E-state index contributed by atoms with van der Waals surface area (Å²) in [5.74, 6) is 0. The number of benzene rings is 1. The highest BCUT2D eigenvalue weighted by Gasteiger charge is 2.11. The third kappa shape index (κ3) is 3.10. The van der Waals surface area contributed by atoms with Gasteiger partial charge >= 0.3 is 0 Å². The van der Waals surface area contributed by atoms with Gasteiger partial charge in [0.25, 0.3) is 0 Å². The van der Waals surface area contributed by atoms with Crippen LogP contribution < -0.4 is 0 Å². The summed E-state index contributed by atoms with van der Waals surface area (Å²) >= 11 is 3.49. The topological polar surface area (TPSA) is 9.23 Å². The molecule has 78 valence electrons. The summed E-state index contributed by atoms with van der Waals surface area (Å²) in [7, 11) is 0. The second-order valence-corrected chi connectivity index (χ2v) is 4.02. The highest BCUT2D eigenvalue weighted by Crippen LogP contribution is 2.22. The quantitative estimate of drug-likeness (QED) is 0.728. The van der Waals surface area contributed by atoms with Crippen LogP contribution in [0.5, 0.6) is 0 Å². The van der Waals surface area contributed by atoms with Crippen LogP contribution in [0.3, 0.4) is 0 Å². The molecule has 0 N–H and O–H groups in total. The van der Waals surface area contributed by atoms with E-state index in [2.05, 4.69) is 54.0 Å². The summed E-state index contributed by atoms with van der Waals surface area (Å²) < 4.78 is 5.76.